The largest absolute Gasteiger partial charge is 0.434 e. The highest BCUT2D eigenvalue weighted by Crippen LogP contribution is 2.36. The van der Waals surface area contributed by atoms with Gasteiger partial charge in [-0.05, 0) is 30.2 Å². The summed E-state index contributed by atoms with van der Waals surface area (Å²) in [4.78, 5) is 27.8. The van der Waals surface area contributed by atoms with Crippen molar-refractivity contribution in [1.82, 2.24) is 4.98 Å². The number of aromatic amines is 1. The van der Waals surface area contributed by atoms with E-state index in [0.717, 1.165) is 11.6 Å². The minimum absolute atomic E-state index is 0.308. The number of aromatic nitrogens is 1. The number of hydrogen-bond donors (Lipinski definition) is 1. The van der Waals surface area contributed by atoms with E-state index in [4.69, 9.17) is 9.68 Å². The number of carbonyl (C=O) groups excluding carboxylic acids is 1. The van der Waals surface area contributed by atoms with Gasteiger partial charge in [-0.1, -0.05) is 6.07 Å². The second kappa shape index (κ2) is 5.74. The van der Waals surface area contributed by atoms with Crippen LogP contribution in [0.25, 0.3) is 11.1 Å². The molecule has 0 unspecified atom stereocenters. The van der Waals surface area contributed by atoms with Gasteiger partial charge in [0.2, 0.25) is 5.71 Å². The first kappa shape index (κ1) is 16.9. The Bertz CT molecular complexity index is 1180. The number of halogens is 3. The van der Waals surface area contributed by atoms with Crippen molar-refractivity contribution in [3.05, 3.63) is 63.1 Å². The summed E-state index contributed by atoms with van der Waals surface area (Å²) in [5.74, 6) is -0.971. The molecule has 6 nitrogen and oxygen atoms in total. The van der Waals surface area contributed by atoms with Crippen LogP contribution in [-0.2, 0) is 12.6 Å². The lowest BCUT2D eigenvalue weighted by atomic mass is 10.1. The van der Waals surface area contributed by atoms with Crippen LogP contribution in [0.3, 0.4) is 0 Å². The van der Waals surface area contributed by atoms with Gasteiger partial charge in [0.1, 0.15) is 0 Å². The molecule has 0 aliphatic carbocycles. The fourth-order valence-electron chi connectivity index (χ4n) is 3.17. The van der Waals surface area contributed by atoms with Gasteiger partial charge in [0.15, 0.2) is 5.76 Å². The molecular formula is C18H10F3N3O3. The minimum atomic E-state index is -4.77. The van der Waals surface area contributed by atoms with E-state index < -0.39 is 34.3 Å². The first-order valence-corrected chi connectivity index (χ1v) is 7.87. The van der Waals surface area contributed by atoms with Gasteiger partial charge < -0.3 is 9.32 Å². The number of rotatable bonds is 1. The molecule has 3 heterocycles. The Balaban J connectivity index is 1.80. The Morgan fingerprint density at radius 3 is 2.74 bits per heavy atom. The summed E-state index contributed by atoms with van der Waals surface area (Å²) in [6.07, 6.45) is -4.21. The maximum atomic E-state index is 13.2. The van der Waals surface area contributed by atoms with Crippen LogP contribution in [0.5, 0.6) is 0 Å². The highest BCUT2D eigenvalue weighted by Gasteiger charge is 2.35. The number of nitriles is 1. The predicted molar refractivity (Wildman–Crippen MR) is 88.4 cm³/mol. The molecule has 1 amide bonds. The van der Waals surface area contributed by atoms with Crippen molar-refractivity contribution >= 4 is 22.7 Å². The lowest BCUT2D eigenvalue weighted by Crippen LogP contribution is -2.28. The van der Waals surface area contributed by atoms with Crippen molar-refractivity contribution in [2.45, 2.75) is 12.6 Å². The second-order valence-corrected chi connectivity index (χ2v) is 6.06. The van der Waals surface area contributed by atoms with Crippen LogP contribution in [0.4, 0.5) is 18.9 Å². The molecule has 1 N–H and O–H groups in total. The molecule has 1 aliphatic heterocycles. The van der Waals surface area contributed by atoms with E-state index in [0.29, 0.717) is 30.3 Å². The Kier molecular flexibility index (Phi) is 3.59. The summed E-state index contributed by atoms with van der Waals surface area (Å²) >= 11 is 0. The van der Waals surface area contributed by atoms with E-state index >= 15 is 0 Å². The van der Waals surface area contributed by atoms with E-state index in [1.807, 2.05) is 6.07 Å². The molecule has 1 aromatic carbocycles. The van der Waals surface area contributed by atoms with Crippen molar-refractivity contribution in [2.75, 3.05) is 11.4 Å². The Labute approximate surface area is 149 Å². The SMILES string of the molecule is N#Cc1ccc2c(c1)N(C(=O)c1cc3c(C(F)(F)F)cc(=O)[nH]c3o1)CC2. The molecule has 0 saturated heterocycles. The number of pyridine rings is 1. The maximum Gasteiger partial charge on any atom is 0.417 e. The molecule has 0 fully saturated rings. The molecule has 9 heteroatoms. The molecule has 2 aromatic heterocycles. The number of nitrogens with zero attached hydrogens (tertiary/aromatic N) is 2. The van der Waals surface area contributed by atoms with Gasteiger partial charge in [-0.3, -0.25) is 14.6 Å². The van der Waals surface area contributed by atoms with Gasteiger partial charge in [-0.25, -0.2) is 0 Å². The molecule has 136 valence electrons. The minimum Gasteiger partial charge on any atom is -0.434 e. The topological polar surface area (TPSA) is 90.1 Å². The van der Waals surface area contributed by atoms with Gasteiger partial charge in [-0.15, -0.1) is 0 Å². The van der Waals surface area contributed by atoms with Gasteiger partial charge in [0.05, 0.1) is 22.6 Å². The summed E-state index contributed by atoms with van der Waals surface area (Å²) in [7, 11) is 0. The number of carbonyl (C=O) groups is 1. The normalized spacial score (nSPS) is 13.6. The molecule has 0 atom stereocenters. The summed E-state index contributed by atoms with van der Waals surface area (Å²) in [5.41, 5.74) is -0.831. The van der Waals surface area contributed by atoms with Crippen LogP contribution in [0.1, 0.15) is 27.2 Å². The standard InChI is InChI=1S/C18H10F3N3O3/c19-18(20,21)12-7-15(25)23-16-11(12)6-14(27-16)17(26)24-4-3-10-2-1-9(8-22)5-13(10)24/h1-2,5-7H,3-4H2,(H,23,25). The Morgan fingerprint density at radius 2 is 2.04 bits per heavy atom. The van der Waals surface area contributed by atoms with Gasteiger partial charge in [0, 0.05) is 18.3 Å². The molecular weight excluding hydrogens is 363 g/mol. The van der Waals surface area contributed by atoms with Crippen LogP contribution >= 0.6 is 0 Å². The number of alkyl halides is 3. The highest BCUT2D eigenvalue weighted by atomic mass is 19.4. The van der Waals surface area contributed by atoms with Gasteiger partial charge in [-0.2, -0.15) is 18.4 Å². The number of anilines is 1. The Hall–Kier alpha value is -3.54. The van der Waals surface area contributed by atoms with Crippen molar-refractivity contribution in [3.8, 4) is 6.07 Å². The third kappa shape index (κ3) is 2.75. The molecule has 1 aliphatic rings. The molecule has 27 heavy (non-hydrogen) atoms. The Morgan fingerprint density at radius 1 is 1.26 bits per heavy atom. The van der Waals surface area contributed by atoms with Crippen molar-refractivity contribution in [3.63, 3.8) is 0 Å². The van der Waals surface area contributed by atoms with Gasteiger partial charge in [0.25, 0.3) is 11.5 Å². The molecule has 3 aromatic rings. The lowest BCUT2D eigenvalue weighted by molar-refractivity contribution is -0.136. The summed E-state index contributed by atoms with van der Waals surface area (Å²) < 4.78 is 44.7. The van der Waals surface area contributed by atoms with Crippen molar-refractivity contribution in [1.29, 1.82) is 5.26 Å². The third-order valence-electron chi connectivity index (χ3n) is 4.41. The van der Waals surface area contributed by atoms with Gasteiger partial charge >= 0.3 is 6.18 Å². The van der Waals surface area contributed by atoms with Crippen LogP contribution in [0.2, 0.25) is 0 Å². The highest BCUT2D eigenvalue weighted by molar-refractivity contribution is 6.07. The average molecular weight is 373 g/mol. The van der Waals surface area contributed by atoms with Crippen molar-refractivity contribution in [2.24, 2.45) is 0 Å². The van der Waals surface area contributed by atoms with E-state index in [-0.39, 0.29) is 5.76 Å². The van der Waals surface area contributed by atoms with E-state index in [1.165, 1.54) is 4.90 Å². The first-order chi connectivity index (χ1) is 12.8. The number of furan rings is 1. The zero-order chi connectivity index (χ0) is 19.3. The molecule has 0 bridgehead atoms. The van der Waals surface area contributed by atoms with E-state index in [2.05, 4.69) is 4.98 Å². The second-order valence-electron chi connectivity index (χ2n) is 6.06. The van der Waals surface area contributed by atoms with Crippen LogP contribution < -0.4 is 10.5 Å². The van der Waals surface area contributed by atoms with Crippen LogP contribution in [-0.4, -0.2) is 17.4 Å². The predicted octanol–water partition coefficient (Wildman–Crippen LogP) is 3.21. The van der Waals surface area contributed by atoms with Crippen LogP contribution in [0, 0.1) is 11.3 Å². The molecule has 0 spiro atoms. The quantitative estimate of drug-likeness (QED) is 0.709. The molecule has 0 radical (unpaired) electrons. The summed E-state index contributed by atoms with van der Waals surface area (Å²) in [5, 5.41) is 8.63. The van der Waals surface area contributed by atoms with E-state index in [9.17, 15) is 22.8 Å². The lowest BCUT2D eigenvalue weighted by Gasteiger charge is -2.15. The van der Waals surface area contributed by atoms with E-state index in [1.54, 1.807) is 18.2 Å². The summed E-state index contributed by atoms with van der Waals surface area (Å²) in [6.45, 7) is 0.308. The summed E-state index contributed by atoms with van der Waals surface area (Å²) in [6, 6.07) is 8.30. The molecule has 0 saturated carbocycles. The number of H-pyrrole nitrogens is 1. The fraction of sp³-hybridized carbons (Fsp3) is 0.167. The smallest absolute Gasteiger partial charge is 0.417 e. The zero-order valence-corrected chi connectivity index (χ0v) is 13.6. The number of fused-ring (bicyclic) bond motifs is 2. The molecule has 4 rings (SSSR count). The monoisotopic (exact) mass is 373 g/mol. The fourth-order valence-corrected chi connectivity index (χ4v) is 3.17. The maximum absolute atomic E-state index is 13.2. The van der Waals surface area contributed by atoms with Crippen LogP contribution in [0.15, 0.2) is 39.5 Å². The number of benzene rings is 1. The number of hydrogen-bond acceptors (Lipinski definition) is 4. The number of amides is 1. The average Bonchev–Trinajstić information content (AvgIpc) is 3.22. The third-order valence-corrected chi connectivity index (χ3v) is 4.41. The van der Waals surface area contributed by atoms with Crippen molar-refractivity contribution < 1.29 is 22.4 Å². The zero-order valence-electron chi connectivity index (χ0n) is 13.6. The first-order valence-electron chi connectivity index (χ1n) is 7.87. The number of nitrogens with one attached hydrogen (secondary N) is 1.